The molecule has 192 valence electrons. The Hall–Kier alpha value is -4.33. The Labute approximate surface area is 214 Å². The maximum Gasteiger partial charge on any atom is 0.258 e. The van der Waals surface area contributed by atoms with Gasteiger partial charge in [0.05, 0.1) is 5.57 Å². The first-order valence-corrected chi connectivity index (χ1v) is 11.6. The predicted molar refractivity (Wildman–Crippen MR) is 145 cm³/mol. The average molecular weight is 495 g/mol. The van der Waals surface area contributed by atoms with Gasteiger partial charge in [0.15, 0.2) is 0 Å². The molecule has 0 bridgehead atoms. The number of halogens is 1. The lowest BCUT2D eigenvalue weighted by atomic mass is 10.1. The minimum atomic E-state index is -0.355. The van der Waals surface area contributed by atoms with Crippen molar-refractivity contribution in [3.05, 3.63) is 95.0 Å². The van der Waals surface area contributed by atoms with Crippen LogP contribution in [0.25, 0.3) is 0 Å². The number of rotatable bonds is 8. The number of aromatic nitrogens is 1. The summed E-state index contributed by atoms with van der Waals surface area (Å²) in [5.74, 6) is 0.239. The Bertz CT molecular complexity index is 1270. The molecule has 0 aliphatic heterocycles. The molecule has 7 nitrogen and oxygen atoms in total. The number of benzene rings is 2. The van der Waals surface area contributed by atoms with Gasteiger partial charge in [-0.3, -0.25) is 14.6 Å². The number of hydrogen-bond acceptors (Lipinski definition) is 5. The van der Waals surface area contributed by atoms with Gasteiger partial charge in [-0.15, -0.1) is 0 Å². The Morgan fingerprint density at radius 3 is 2.58 bits per heavy atom. The van der Waals surface area contributed by atoms with Crippen LogP contribution >= 0.6 is 0 Å². The Balaban J connectivity index is 0.00000334. The first kappa shape index (κ1) is 27.9. The second-order valence-electron chi connectivity index (χ2n) is 7.31. The molecular formula is C28H35FN4O3. The number of allylic oxidation sites excluding steroid dienone is 1. The first-order chi connectivity index (χ1) is 17.4. The highest BCUT2D eigenvalue weighted by atomic mass is 19.1. The molecule has 2 N–H and O–H groups in total. The van der Waals surface area contributed by atoms with Gasteiger partial charge >= 0.3 is 0 Å². The zero-order valence-electron chi connectivity index (χ0n) is 21.1. The molecule has 0 unspecified atom stereocenters. The molecule has 3 rings (SSSR count). The Morgan fingerprint density at radius 2 is 1.89 bits per heavy atom. The van der Waals surface area contributed by atoms with Crippen LogP contribution in [-0.4, -0.2) is 30.1 Å². The minimum Gasteiger partial charge on any atom is -0.457 e. The molecule has 0 aliphatic rings. The summed E-state index contributed by atoms with van der Waals surface area (Å²) >= 11 is 0. The molecule has 0 radical (unpaired) electrons. The minimum absolute atomic E-state index is 0. The molecule has 2 amide bonds. The lowest BCUT2D eigenvalue weighted by Crippen LogP contribution is -2.23. The largest absolute Gasteiger partial charge is 0.457 e. The number of ether oxygens (including phenoxy) is 1. The van der Waals surface area contributed by atoms with Crippen molar-refractivity contribution in [2.24, 2.45) is 4.99 Å². The summed E-state index contributed by atoms with van der Waals surface area (Å²) in [5.41, 5.74) is 2.14. The molecular weight excluding hydrogens is 459 g/mol. The van der Waals surface area contributed by atoms with Crippen molar-refractivity contribution in [2.75, 3.05) is 12.4 Å². The van der Waals surface area contributed by atoms with E-state index in [4.69, 9.17) is 4.74 Å². The fourth-order valence-corrected chi connectivity index (χ4v) is 3.16. The number of amides is 2. The molecule has 1 heterocycles. The maximum atomic E-state index is 13.4. The van der Waals surface area contributed by atoms with E-state index in [2.05, 4.69) is 20.6 Å². The summed E-state index contributed by atoms with van der Waals surface area (Å²) in [6.07, 6.45) is 4.62. The van der Waals surface area contributed by atoms with E-state index >= 15 is 0 Å². The Kier molecular flexibility index (Phi) is 11.0. The second-order valence-corrected chi connectivity index (χ2v) is 7.31. The van der Waals surface area contributed by atoms with Gasteiger partial charge in [-0.25, -0.2) is 9.37 Å². The summed E-state index contributed by atoms with van der Waals surface area (Å²) in [6.45, 7) is 7.72. The normalized spacial score (nSPS) is 10.9. The van der Waals surface area contributed by atoms with E-state index in [9.17, 15) is 14.0 Å². The topological polar surface area (TPSA) is 92.7 Å². The van der Waals surface area contributed by atoms with Crippen LogP contribution in [0.4, 0.5) is 10.2 Å². The van der Waals surface area contributed by atoms with Crippen LogP contribution in [0, 0.1) is 12.7 Å². The van der Waals surface area contributed by atoms with Crippen LogP contribution < -0.4 is 15.4 Å². The van der Waals surface area contributed by atoms with Gasteiger partial charge in [-0.05, 0) is 49.7 Å². The zero-order chi connectivity index (χ0) is 26.5. The molecule has 0 atom stereocenters. The van der Waals surface area contributed by atoms with Crippen LogP contribution in [0.3, 0.4) is 0 Å². The number of nitrogens with one attached hydrogen (secondary N) is 2. The van der Waals surface area contributed by atoms with Crippen LogP contribution in [0.1, 0.15) is 45.1 Å². The Morgan fingerprint density at radius 1 is 1.14 bits per heavy atom. The summed E-state index contributed by atoms with van der Waals surface area (Å²) < 4.78 is 19.3. The molecule has 36 heavy (non-hydrogen) atoms. The fraction of sp³-hybridized carbons (Fsp3) is 0.214. The highest BCUT2D eigenvalue weighted by Crippen LogP contribution is 2.28. The average Bonchev–Trinajstić information content (AvgIpc) is 2.88. The lowest BCUT2D eigenvalue weighted by molar-refractivity contribution is -0.112. The summed E-state index contributed by atoms with van der Waals surface area (Å²) in [6, 6.07) is 14.4. The second kappa shape index (κ2) is 14.2. The van der Waals surface area contributed by atoms with E-state index < -0.39 is 0 Å². The van der Waals surface area contributed by atoms with Crippen LogP contribution in [0.2, 0.25) is 0 Å². The number of pyridine rings is 1. The first-order valence-electron chi connectivity index (χ1n) is 11.6. The van der Waals surface area contributed by atoms with Crippen molar-refractivity contribution in [3.8, 4) is 11.5 Å². The standard InChI is InChI=1S/C26H25FN4O3.C2H6.2H2/c1-4-19(16-28-3)25(32)31-24-14-21(11-12-29-24)34-23-10-6-9-22(17(23)2)26(33)30-15-18-7-5-8-20(27)13-18;1-2;;/h4-14,16H,15H2,1-3H3,(H,30,33)(H,29,31,32);1-2H3;2*1H/b19-4+,28-16?;;;. The number of aliphatic imine (C=N–C) groups is 1. The smallest absolute Gasteiger partial charge is 0.258 e. The number of anilines is 1. The lowest BCUT2D eigenvalue weighted by Gasteiger charge is -2.13. The van der Waals surface area contributed by atoms with E-state index in [-0.39, 0.29) is 27.0 Å². The molecule has 1 aromatic heterocycles. The number of carbonyl (C=O) groups excluding carboxylic acids is 2. The third kappa shape index (κ3) is 7.87. The summed E-state index contributed by atoms with van der Waals surface area (Å²) in [5, 5.41) is 5.50. The highest BCUT2D eigenvalue weighted by molar-refractivity contribution is 6.17. The molecule has 0 fully saturated rings. The van der Waals surface area contributed by atoms with E-state index in [1.165, 1.54) is 24.5 Å². The summed E-state index contributed by atoms with van der Waals surface area (Å²) in [4.78, 5) is 33.1. The van der Waals surface area contributed by atoms with Gasteiger partial charge in [-0.2, -0.15) is 0 Å². The monoisotopic (exact) mass is 494 g/mol. The van der Waals surface area contributed by atoms with Gasteiger partial charge < -0.3 is 15.4 Å². The van der Waals surface area contributed by atoms with Crippen LogP contribution in [0.5, 0.6) is 11.5 Å². The molecule has 0 saturated heterocycles. The number of hydrogen-bond donors (Lipinski definition) is 2. The fourth-order valence-electron chi connectivity index (χ4n) is 3.16. The highest BCUT2D eigenvalue weighted by Gasteiger charge is 2.14. The number of nitrogens with zero attached hydrogens (tertiary/aromatic N) is 2. The van der Waals surface area contributed by atoms with E-state index in [1.54, 1.807) is 69.4 Å². The molecule has 0 spiro atoms. The van der Waals surface area contributed by atoms with Crippen molar-refractivity contribution < 1.29 is 21.6 Å². The van der Waals surface area contributed by atoms with Gasteiger partial charge in [0.1, 0.15) is 23.1 Å². The van der Waals surface area contributed by atoms with Gasteiger partial charge in [-0.1, -0.05) is 38.1 Å². The van der Waals surface area contributed by atoms with Crippen molar-refractivity contribution in [3.63, 3.8) is 0 Å². The SMILES string of the molecule is C/C=C(\C=NC)C(=O)Nc1cc(Oc2cccc(C(=O)NCc3cccc(F)c3)c2C)ccn1.CC.[HH].[HH]. The van der Waals surface area contributed by atoms with E-state index in [0.717, 1.165) is 0 Å². The number of carbonyl (C=O) groups is 2. The third-order valence-corrected chi connectivity index (χ3v) is 4.91. The summed E-state index contributed by atoms with van der Waals surface area (Å²) in [7, 11) is 1.59. The molecule has 3 aromatic rings. The van der Waals surface area contributed by atoms with Gasteiger partial charge in [0.25, 0.3) is 11.8 Å². The van der Waals surface area contributed by atoms with E-state index in [0.29, 0.717) is 39.6 Å². The van der Waals surface area contributed by atoms with E-state index in [1.807, 2.05) is 13.8 Å². The van der Waals surface area contributed by atoms with Crippen molar-refractivity contribution in [2.45, 2.75) is 34.2 Å². The van der Waals surface area contributed by atoms with Crippen molar-refractivity contribution >= 4 is 23.8 Å². The van der Waals surface area contributed by atoms with Gasteiger partial charge in [0, 0.05) is 46.1 Å². The third-order valence-electron chi connectivity index (χ3n) is 4.91. The zero-order valence-corrected chi connectivity index (χ0v) is 21.1. The predicted octanol–water partition coefficient (Wildman–Crippen LogP) is 6.36. The quantitative estimate of drug-likeness (QED) is 0.282. The molecule has 0 saturated carbocycles. The van der Waals surface area contributed by atoms with Gasteiger partial charge in [0.2, 0.25) is 0 Å². The van der Waals surface area contributed by atoms with Crippen molar-refractivity contribution in [1.29, 1.82) is 0 Å². The molecule has 2 aromatic carbocycles. The van der Waals surface area contributed by atoms with Crippen LogP contribution in [-0.2, 0) is 11.3 Å². The van der Waals surface area contributed by atoms with Crippen LogP contribution in [0.15, 0.2) is 77.4 Å². The van der Waals surface area contributed by atoms with Crippen molar-refractivity contribution in [1.82, 2.24) is 10.3 Å². The maximum absolute atomic E-state index is 13.4. The molecule has 8 heteroatoms. The molecule has 0 aliphatic carbocycles.